The first-order chi connectivity index (χ1) is 26.8. The number of hydrogen-bond donors (Lipinski definition) is 0. The Morgan fingerprint density at radius 2 is 1.15 bits per heavy atom. The maximum absolute atomic E-state index is 2.49. The summed E-state index contributed by atoms with van der Waals surface area (Å²) in [6, 6.07) is 25.4. The summed E-state index contributed by atoms with van der Waals surface area (Å²) < 4.78 is 0. The van der Waals surface area contributed by atoms with Crippen LogP contribution in [0, 0.1) is 23.7 Å². The van der Waals surface area contributed by atoms with Gasteiger partial charge in [-0.05, 0) is 126 Å². The summed E-state index contributed by atoms with van der Waals surface area (Å²) in [4.78, 5) is 0. The van der Waals surface area contributed by atoms with Crippen LogP contribution in [0.4, 0.5) is 0 Å². The Balaban J connectivity index is 1.00. The van der Waals surface area contributed by atoms with Crippen LogP contribution in [0.1, 0.15) is 44.1 Å². The Morgan fingerprint density at radius 3 is 1.94 bits per heavy atom. The maximum atomic E-state index is 2.49. The molecule has 0 bridgehead atoms. The van der Waals surface area contributed by atoms with E-state index in [2.05, 4.69) is 170 Å². The Kier molecular flexibility index (Phi) is 7.65. The molecule has 0 radical (unpaired) electrons. The van der Waals surface area contributed by atoms with Gasteiger partial charge >= 0.3 is 0 Å². The summed E-state index contributed by atoms with van der Waals surface area (Å²) in [6.45, 7) is 0. The number of fused-ring (bicyclic) bond motifs is 6. The zero-order valence-electron chi connectivity index (χ0n) is 30.7. The predicted octanol–water partition coefficient (Wildman–Crippen LogP) is 9.89. The molecule has 8 aliphatic rings. The average Bonchev–Trinajstić information content (AvgIpc) is 3.57. The summed E-state index contributed by atoms with van der Waals surface area (Å²) in [5.41, 5.74) is 17.7. The van der Waals surface area contributed by atoms with Crippen LogP contribution in [0.15, 0.2) is 198 Å². The van der Waals surface area contributed by atoms with E-state index in [1.54, 1.807) is 11.1 Å². The first-order valence-electron chi connectivity index (χ1n) is 20.2. The molecule has 3 aromatic rings. The molecule has 0 spiro atoms. The van der Waals surface area contributed by atoms with Crippen LogP contribution in [-0.2, 0) is 0 Å². The van der Waals surface area contributed by atoms with Gasteiger partial charge in [0, 0.05) is 23.7 Å². The van der Waals surface area contributed by atoms with Gasteiger partial charge in [-0.15, -0.1) is 0 Å². The molecule has 0 aromatic heterocycles. The molecule has 0 N–H and O–H groups in total. The molecule has 0 aliphatic heterocycles. The van der Waals surface area contributed by atoms with Crippen LogP contribution in [0.25, 0.3) is 33.4 Å². The summed E-state index contributed by atoms with van der Waals surface area (Å²) in [6.07, 6.45) is 46.6. The van der Waals surface area contributed by atoms with Gasteiger partial charge in [-0.25, -0.2) is 0 Å². The van der Waals surface area contributed by atoms with Crippen molar-refractivity contribution in [1.82, 2.24) is 0 Å². The molecule has 11 rings (SSSR count). The van der Waals surface area contributed by atoms with Crippen LogP contribution in [0.5, 0.6) is 0 Å². The van der Waals surface area contributed by atoms with E-state index in [9.17, 15) is 0 Å². The lowest BCUT2D eigenvalue weighted by molar-refractivity contribution is 0.602. The van der Waals surface area contributed by atoms with Crippen molar-refractivity contribution in [2.24, 2.45) is 23.7 Å². The molecule has 0 heteroatoms. The topological polar surface area (TPSA) is 0 Å². The standard InChI is InChI=1S/C54H44/c1-2-13-36(14-3-1)40-32-31-37(39-15-4-5-16-41(39)40)28-25-35-26-29-38(30-27-35)52-45-19-8-10-21-47(45)54(48-22-11-9-20-46(48)52)51-34-33-50-43-18-7-6-17-42(43)44-23-12-24-49(51)53(44)50/h1-2,4-13,15-26,28-29,31-32,39,41,45,47H,3,14,27,30,33-34H2. The van der Waals surface area contributed by atoms with Crippen molar-refractivity contribution in [3.05, 3.63) is 224 Å². The quantitative estimate of drug-likeness (QED) is 0.250. The van der Waals surface area contributed by atoms with E-state index >= 15 is 0 Å². The fourth-order valence-corrected chi connectivity index (χ4v) is 10.8. The molecule has 0 fully saturated rings. The number of rotatable bonds is 5. The molecule has 4 atom stereocenters. The predicted molar refractivity (Wildman–Crippen MR) is 226 cm³/mol. The van der Waals surface area contributed by atoms with E-state index in [4.69, 9.17) is 0 Å². The second-order valence-electron chi connectivity index (χ2n) is 16.0. The van der Waals surface area contributed by atoms with E-state index in [0.717, 1.165) is 38.5 Å². The summed E-state index contributed by atoms with van der Waals surface area (Å²) >= 11 is 0. The molecular formula is C54H44. The minimum atomic E-state index is 0.324. The van der Waals surface area contributed by atoms with Gasteiger partial charge in [0.1, 0.15) is 0 Å². The Bertz CT molecular complexity index is 2770. The molecule has 54 heavy (non-hydrogen) atoms. The van der Waals surface area contributed by atoms with Crippen molar-refractivity contribution < 1.29 is 0 Å². The smallest absolute Gasteiger partial charge is 0.0134 e. The molecule has 0 nitrogen and oxygen atoms in total. The van der Waals surface area contributed by atoms with Gasteiger partial charge in [0.15, 0.2) is 0 Å². The number of allylic oxidation sites excluding steroid dienone is 22. The van der Waals surface area contributed by atoms with Gasteiger partial charge in [0.25, 0.3) is 0 Å². The van der Waals surface area contributed by atoms with E-state index in [1.165, 1.54) is 76.6 Å². The minimum absolute atomic E-state index is 0.324. The van der Waals surface area contributed by atoms with Crippen LogP contribution in [-0.4, -0.2) is 0 Å². The van der Waals surface area contributed by atoms with Gasteiger partial charge in [0.05, 0.1) is 0 Å². The maximum Gasteiger partial charge on any atom is 0.0134 e. The monoisotopic (exact) mass is 692 g/mol. The fourth-order valence-electron chi connectivity index (χ4n) is 10.8. The minimum Gasteiger partial charge on any atom is -0.0842 e. The third kappa shape index (κ3) is 5.03. The summed E-state index contributed by atoms with van der Waals surface area (Å²) in [5, 5.41) is 5.78. The van der Waals surface area contributed by atoms with Crippen molar-refractivity contribution in [2.45, 2.75) is 38.5 Å². The van der Waals surface area contributed by atoms with Gasteiger partial charge in [0.2, 0.25) is 0 Å². The normalized spacial score (nSPS) is 25.7. The second kappa shape index (κ2) is 13.0. The van der Waals surface area contributed by atoms with Crippen LogP contribution in [0.3, 0.4) is 0 Å². The van der Waals surface area contributed by atoms with E-state index < -0.39 is 0 Å². The lowest BCUT2D eigenvalue weighted by Crippen LogP contribution is -2.43. The van der Waals surface area contributed by atoms with Crippen LogP contribution < -0.4 is 20.9 Å². The Morgan fingerprint density at radius 1 is 0.444 bits per heavy atom. The second-order valence-corrected chi connectivity index (χ2v) is 16.0. The Labute approximate surface area is 318 Å². The summed E-state index contributed by atoms with van der Waals surface area (Å²) in [5.74, 6) is 1.47. The summed E-state index contributed by atoms with van der Waals surface area (Å²) in [7, 11) is 0. The fraction of sp³-hybridized carbons (Fsp3) is 0.185. The highest BCUT2D eigenvalue weighted by molar-refractivity contribution is 5.98. The van der Waals surface area contributed by atoms with Crippen molar-refractivity contribution in [3.8, 4) is 11.1 Å². The molecule has 0 heterocycles. The van der Waals surface area contributed by atoms with Gasteiger partial charge in [-0.3, -0.25) is 0 Å². The van der Waals surface area contributed by atoms with Crippen molar-refractivity contribution in [1.29, 1.82) is 0 Å². The van der Waals surface area contributed by atoms with E-state index in [0.29, 0.717) is 23.7 Å². The molecule has 4 unspecified atom stereocenters. The highest BCUT2D eigenvalue weighted by Gasteiger charge is 2.35. The van der Waals surface area contributed by atoms with Crippen molar-refractivity contribution in [3.63, 3.8) is 0 Å². The van der Waals surface area contributed by atoms with Gasteiger partial charge in [-0.1, -0.05) is 170 Å². The first-order valence-corrected chi connectivity index (χ1v) is 20.2. The van der Waals surface area contributed by atoms with Crippen LogP contribution >= 0.6 is 0 Å². The largest absolute Gasteiger partial charge is 0.0842 e. The van der Waals surface area contributed by atoms with Gasteiger partial charge < -0.3 is 0 Å². The SMILES string of the molecule is C1=CCCC(C2=CC=C(C=CC3=CC=C(C4=c5ccccc5=C(C5=c6cccc7c6=C(CC5)c5ccccc5-7)C5C=CC=CC45)CC3)C3C=CC=CC23)=C1. The Hall–Kier alpha value is -5.72. The first kappa shape index (κ1) is 31.8. The van der Waals surface area contributed by atoms with Crippen molar-refractivity contribution >= 4 is 22.3 Å². The molecule has 0 saturated carbocycles. The molecule has 8 aliphatic carbocycles. The lowest BCUT2D eigenvalue weighted by atomic mass is 9.67. The third-order valence-electron chi connectivity index (χ3n) is 13.2. The number of hydrogen-bond acceptors (Lipinski definition) is 0. The average molecular weight is 693 g/mol. The lowest BCUT2D eigenvalue weighted by Gasteiger charge is -2.36. The zero-order valence-corrected chi connectivity index (χ0v) is 30.7. The molecule has 3 aromatic carbocycles. The molecule has 260 valence electrons. The van der Waals surface area contributed by atoms with E-state index in [1.807, 2.05) is 0 Å². The van der Waals surface area contributed by atoms with E-state index in [-0.39, 0.29) is 0 Å². The van der Waals surface area contributed by atoms with Crippen LogP contribution in [0.2, 0.25) is 0 Å². The molecule has 0 amide bonds. The van der Waals surface area contributed by atoms with Gasteiger partial charge in [-0.2, -0.15) is 0 Å². The highest BCUT2D eigenvalue weighted by atomic mass is 14.4. The third-order valence-corrected chi connectivity index (χ3v) is 13.2. The molecule has 0 saturated heterocycles. The number of benzene rings is 3. The van der Waals surface area contributed by atoms with Crippen molar-refractivity contribution in [2.75, 3.05) is 0 Å². The molecular weight excluding hydrogens is 649 g/mol. The highest BCUT2D eigenvalue weighted by Crippen LogP contribution is 2.46. The zero-order chi connectivity index (χ0) is 35.6.